The monoisotopic (exact) mass is 455 g/mol. The first-order valence-corrected chi connectivity index (χ1v) is 12.0. The lowest BCUT2D eigenvalue weighted by molar-refractivity contribution is -0.145. The van der Waals surface area contributed by atoms with E-state index in [0.29, 0.717) is 0 Å². The maximum absolute atomic E-state index is 12.9. The third-order valence-electron chi connectivity index (χ3n) is 4.99. The Morgan fingerprint density at radius 2 is 1.66 bits per heavy atom. The summed E-state index contributed by atoms with van der Waals surface area (Å²) in [6.07, 6.45) is 0.755. The van der Waals surface area contributed by atoms with Crippen LogP contribution in [-0.2, 0) is 25.1 Å². The van der Waals surface area contributed by atoms with Gasteiger partial charge in [0.2, 0.25) is 0 Å². The zero-order chi connectivity index (χ0) is 23.3. The van der Waals surface area contributed by atoms with Gasteiger partial charge in [-0.25, -0.2) is 9.59 Å². The van der Waals surface area contributed by atoms with E-state index in [1.54, 1.807) is 20.8 Å². The molecule has 6 nitrogen and oxygen atoms in total. The van der Waals surface area contributed by atoms with Crippen molar-refractivity contribution < 1.29 is 23.3 Å². The summed E-state index contributed by atoms with van der Waals surface area (Å²) in [5.41, 5.74) is 3.71. The number of hydrogen-bond donors (Lipinski definition) is 1. The van der Waals surface area contributed by atoms with Gasteiger partial charge in [-0.05, 0) is 43.0 Å². The number of alkyl carbamates (subject to hydrolysis) is 1. The first-order valence-electron chi connectivity index (χ1n) is 10.5. The lowest BCUT2D eigenvalue weighted by atomic mass is 9.98. The fourth-order valence-corrected chi connectivity index (χ4v) is 4.70. The van der Waals surface area contributed by atoms with Crippen LogP contribution in [-0.4, -0.2) is 46.0 Å². The minimum atomic E-state index is -1.38. The van der Waals surface area contributed by atoms with Crippen LogP contribution in [0.25, 0.3) is 11.1 Å². The summed E-state index contributed by atoms with van der Waals surface area (Å²) in [7, 11) is -1.38. The third kappa shape index (κ3) is 5.85. The summed E-state index contributed by atoms with van der Waals surface area (Å²) in [6.45, 7) is 8.87. The van der Waals surface area contributed by atoms with Crippen LogP contribution in [0.1, 0.15) is 37.8 Å². The number of rotatable bonds is 8. The molecule has 0 spiro atoms. The predicted octanol–water partition coefficient (Wildman–Crippen LogP) is 4.17. The van der Waals surface area contributed by atoms with Gasteiger partial charge in [0.25, 0.3) is 0 Å². The van der Waals surface area contributed by atoms with Gasteiger partial charge in [-0.2, -0.15) is 0 Å². The summed E-state index contributed by atoms with van der Waals surface area (Å²) in [4.78, 5) is 25.2. The average molecular weight is 456 g/mol. The van der Waals surface area contributed by atoms with E-state index in [9.17, 15) is 13.8 Å². The van der Waals surface area contributed by atoms with Gasteiger partial charge in [-0.1, -0.05) is 54.6 Å². The SMILES string of the molecule is C=CC[S@](=O)C[C@H](NC(=O)OC(C)(C)C)C(=O)OCC1c2ccccc2-c2ccccc21. The highest BCUT2D eigenvalue weighted by atomic mass is 32.2. The maximum atomic E-state index is 12.9. The molecular weight excluding hydrogens is 426 g/mol. The lowest BCUT2D eigenvalue weighted by Crippen LogP contribution is -2.47. The Morgan fingerprint density at radius 3 is 2.19 bits per heavy atom. The molecule has 0 aliphatic heterocycles. The molecule has 3 rings (SSSR count). The van der Waals surface area contributed by atoms with Crippen molar-refractivity contribution in [2.75, 3.05) is 18.1 Å². The molecule has 32 heavy (non-hydrogen) atoms. The first-order chi connectivity index (χ1) is 15.2. The van der Waals surface area contributed by atoms with Crippen LogP contribution >= 0.6 is 0 Å². The topological polar surface area (TPSA) is 81.7 Å². The largest absolute Gasteiger partial charge is 0.463 e. The molecule has 1 amide bonds. The van der Waals surface area contributed by atoms with Gasteiger partial charge in [0.05, 0.1) is 5.75 Å². The Bertz CT molecular complexity index is 981. The van der Waals surface area contributed by atoms with Crippen molar-refractivity contribution in [1.29, 1.82) is 0 Å². The highest BCUT2D eigenvalue weighted by molar-refractivity contribution is 7.85. The predicted molar refractivity (Wildman–Crippen MR) is 126 cm³/mol. The smallest absolute Gasteiger partial charge is 0.408 e. The van der Waals surface area contributed by atoms with Gasteiger partial charge in [0.15, 0.2) is 0 Å². The maximum Gasteiger partial charge on any atom is 0.408 e. The van der Waals surface area contributed by atoms with E-state index in [2.05, 4.69) is 24.0 Å². The van der Waals surface area contributed by atoms with Crippen LogP contribution in [0.5, 0.6) is 0 Å². The summed E-state index contributed by atoms with van der Waals surface area (Å²) in [6, 6.07) is 15.0. The zero-order valence-corrected chi connectivity index (χ0v) is 19.4. The minimum absolute atomic E-state index is 0.0814. The van der Waals surface area contributed by atoms with Crippen molar-refractivity contribution >= 4 is 22.9 Å². The number of carbonyl (C=O) groups excluding carboxylic acids is 2. The minimum Gasteiger partial charge on any atom is -0.463 e. The molecule has 0 unspecified atom stereocenters. The van der Waals surface area contributed by atoms with Gasteiger partial charge in [-0.3, -0.25) is 4.21 Å². The van der Waals surface area contributed by atoms with Crippen LogP contribution in [0.4, 0.5) is 4.79 Å². The average Bonchev–Trinajstić information content (AvgIpc) is 3.04. The fourth-order valence-electron chi connectivity index (χ4n) is 3.71. The molecule has 2 aromatic rings. The quantitative estimate of drug-likeness (QED) is 0.477. The number of amides is 1. The number of benzene rings is 2. The molecule has 0 saturated heterocycles. The van der Waals surface area contributed by atoms with Gasteiger partial charge in [-0.15, -0.1) is 6.58 Å². The summed E-state index contributed by atoms with van der Waals surface area (Å²) >= 11 is 0. The molecule has 0 saturated carbocycles. The Kier molecular flexibility index (Phi) is 7.51. The number of ether oxygens (including phenoxy) is 2. The van der Waals surface area contributed by atoms with Crippen molar-refractivity contribution in [2.24, 2.45) is 0 Å². The molecule has 0 fully saturated rings. The number of hydrogen-bond acceptors (Lipinski definition) is 5. The second-order valence-corrected chi connectivity index (χ2v) is 10.2. The van der Waals surface area contributed by atoms with E-state index in [0.717, 1.165) is 22.3 Å². The highest BCUT2D eigenvalue weighted by Gasteiger charge is 2.32. The molecular formula is C25H29NO5S. The summed E-state index contributed by atoms with van der Waals surface area (Å²) < 4.78 is 23.1. The molecule has 1 aliphatic carbocycles. The molecule has 170 valence electrons. The molecule has 2 aromatic carbocycles. The number of nitrogens with one attached hydrogen (secondary N) is 1. The Balaban J connectivity index is 1.73. The van der Waals surface area contributed by atoms with Gasteiger partial charge < -0.3 is 14.8 Å². The van der Waals surface area contributed by atoms with Gasteiger partial charge >= 0.3 is 12.1 Å². The van der Waals surface area contributed by atoms with E-state index in [4.69, 9.17) is 9.47 Å². The van der Waals surface area contributed by atoms with Crippen molar-refractivity contribution in [1.82, 2.24) is 5.32 Å². The Hall–Kier alpha value is -2.93. The normalized spacial score (nSPS) is 14.6. The molecule has 0 radical (unpaired) electrons. The van der Waals surface area contributed by atoms with Crippen molar-refractivity contribution in [2.45, 2.75) is 38.3 Å². The molecule has 2 atom stereocenters. The van der Waals surface area contributed by atoms with Crippen molar-refractivity contribution in [3.05, 3.63) is 72.3 Å². The zero-order valence-electron chi connectivity index (χ0n) is 18.6. The Morgan fingerprint density at radius 1 is 1.09 bits per heavy atom. The number of carbonyl (C=O) groups is 2. The third-order valence-corrected chi connectivity index (χ3v) is 6.30. The highest BCUT2D eigenvalue weighted by Crippen LogP contribution is 2.44. The van der Waals surface area contributed by atoms with Gasteiger partial charge in [0, 0.05) is 22.5 Å². The van der Waals surface area contributed by atoms with Crippen molar-refractivity contribution in [3.8, 4) is 11.1 Å². The number of esters is 1. The summed E-state index contributed by atoms with van der Waals surface area (Å²) in [5.74, 6) is -0.618. The molecule has 0 aromatic heterocycles. The molecule has 1 aliphatic rings. The van der Waals surface area contributed by atoms with Crippen LogP contribution in [0, 0.1) is 0 Å². The van der Waals surface area contributed by atoms with Crippen molar-refractivity contribution in [3.63, 3.8) is 0 Å². The van der Waals surface area contributed by atoms with E-state index in [1.165, 1.54) is 6.08 Å². The summed E-state index contributed by atoms with van der Waals surface area (Å²) in [5, 5.41) is 2.51. The molecule has 0 bridgehead atoms. The standard InChI is InChI=1S/C25H29NO5S/c1-5-14-32(29)16-22(26-24(28)31-25(2,3)4)23(27)30-15-21-19-12-8-6-10-17(19)18-11-7-9-13-20(18)21/h5-13,21-22H,1,14-16H2,2-4H3,(H,26,28)/t22-,32-/m0/s1. The van der Waals surface area contributed by atoms with Crippen LogP contribution in [0.2, 0.25) is 0 Å². The lowest BCUT2D eigenvalue weighted by Gasteiger charge is -2.23. The molecule has 1 N–H and O–H groups in total. The van der Waals surface area contributed by atoms with E-state index in [-0.39, 0.29) is 24.0 Å². The fraction of sp³-hybridized carbons (Fsp3) is 0.360. The van der Waals surface area contributed by atoms with E-state index in [1.807, 2.05) is 36.4 Å². The Labute approximate surface area is 191 Å². The van der Waals surface area contributed by atoms with E-state index >= 15 is 0 Å². The van der Waals surface area contributed by atoms with Gasteiger partial charge in [0.1, 0.15) is 18.2 Å². The second kappa shape index (κ2) is 10.1. The molecule has 7 heteroatoms. The number of fused-ring (bicyclic) bond motifs is 3. The van der Waals surface area contributed by atoms with Crippen LogP contribution < -0.4 is 5.32 Å². The van der Waals surface area contributed by atoms with Crippen LogP contribution in [0.15, 0.2) is 61.2 Å². The van der Waals surface area contributed by atoms with E-state index < -0.39 is 34.5 Å². The molecule has 0 heterocycles. The second-order valence-electron chi connectivity index (χ2n) is 8.62. The van der Waals surface area contributed by atoms with Crippen LogP contribution in [0.3, 0.4) is 0 Å². The first kappa shape index (κ1) is 23.7.